The SMILES string of the molecule is COc1cccc(C(=O)c2c(-c3ccccc3)c3ccccc3oc2=O)c1. The number of ketones is 1. The van der Waals surface area contributed by atoms with Crippen LogP contribution in [0.3, 0.4) is 0 Å². The van der Waals surface area contributed by atoms with Crippen molar-refractivity contribution < 1.29 is 13.9 Å². The first-order valence-corrected chi connectivity index (χ1v) is 8.49. The average molecular weight is 356 g/mol. The Bertz CT molecular complexity index is 1190. The Hall–Kier alpha value is -3.66. The Morgan fingerprint density at radius 2 is 1.63 bits per heavy atom. The van der Waals surface area contributed by atoms with Gasteiger partial charge in [0.25, 0.3) is 0 Å². The molecule has 4 rings (SSSR count). The van der Waals surface area contributed by atoms with Gasteiger partial charge < -0.3 is 9.15 Å². The normalized spacial score (nSPS) is 10.7. The summed E-state index contributed by atoms with van der Waals surface area (Å²) in [6.45, 7) is 0. The van der Waals surface area contributed by atoms with E-state index in [1.54, 1.807) is 36.4 Å². The molecule has 4 nitrogen and oxygen atoms in total. The van der Waals surface area contributed by atoms with E-state index >= 15 is 0 Å². The number of ether oxygens (including phenoxy) is 1. The molecule has 4 aromatic rings. The number of carbonyl (C=O) groups excluding carboxylic acids is 1. The average Bonchev–Trinajstić information content (AvgIpc) is 2.73. The van der Waals surface area contributed by atoms with Gasteiger partial charge in [-0.15, -0.1) is 0 Å². The lowest BCUT2D eigenvalue weighted by Crippen LogP contribution is -2.17. The van der Waals surface area contributed by atoms with Gasteiger partial charge in [0.05, 0.1) is 7.11 Å². The molecule has 1 aromatic heterocycles. The minimum atomic E-state index is -0.652. The smallest absolute Gasteiger partial charge is 0.348 e. The summed E-state index contributed by atoms with van der Waals surface area (Å²) in [5.74, 6) is 0.152. The third kappa shape index (κ3) is 3.02. The Balaban J connectivity index is 2.04. The second kappa shape index (κ2) is 6.92. The fourth-order valence-corrected chi connectivity index (χ4v) is 3.17. The molecule has 0 amide bonds. The highest BCUT2D eigenvalue weighted by Crippen LogP contribution is 2.31. The maximum Gasteiger partial charge on any atom is 0.348 e. The van der Waals surface area contributed by atoms with E-state index in [9.17, 15) is 9.59 Å². The highest BCUT2D eigenvalue weighted by Gasteiger charge is 2.23. The van der Waals surface area contributed by atoms with Crippen molar-refractivity contribution in [3.05, 3.63) is 100 Å². The number of carbonyl (C=O) groups is 1. The lowest BCUT2D eigenvalue weighted by molar-refractivity contribution is 0.103. The molecule has 0 fully saturated rings. The Morgan fingerprint density at radius 3 is 2.41 bits per heavy atom. The van der Waals surface area contributed by atoms with Crippen LogP contribution >= 0.6 is 0 Å². The van der Waals surface area contributed by atoms with Gasteiger partial charge in [-0.3, -0.25) is 4.79 Å². The van der Waals surface area contributed by atoms with E-state index in [-0.39, 0.29) is 5.56 Å². The molecule has 27 heavy (non-hydrogen) atoms. The van der Waals surface area contributed by atoms with E-state index in [1.807, 2.05) is 42.5 Å². The highest BCUT2D eigenvalue weighted by atomic mass is 16.5. The van der Waals surface area contributed by atoms with Crippen LogP contribution in [0.15, 0.2) is 88.1 Å². The number of hydrogen-bond donors (Lipinski definition) is 0. The van der Waals surface area contributed by atoms with Gasteiger partial charge in [0.15, 0.2) is 0 Å². The second-order valence-corrected chi connectivity index (χ2v) is 6.06. The van der Waals surface area contributed by atoms with Gasteiger partial charge in [0.2, 0.25) is 5.78 Å². The second-order valence-electron chi connectivity index (χ2n) is 6.06. The summed E-state index contributed by atoms with van der Waals surface area (Å²) >= 11 is 0. The zero-order valence-corrected chi connectivity index (χ0v) is 14.6. The predicted molar refractivity (Wildman–Crippen MR) is 104 cm³/mol. The van der Waals surface area contributed by atoms with E-state index < -0.39 is 11.4 Å². The Kier molecular flexibility index (Phi) is 4.30. The number of benzene rings is 3. The number of para-hydroxylation sites is 1. The molecule has 0 bridgehead atoms. The topological polar surface area (TPSA) is 56.5 Å². The third-order valence-corrected chi connectivity index (χ3v) is 4.43. The molecule has 0 aliphatic rings. The van der Waals surface area contributed by atoms with E-state index in [0.29, 0.717) is 22.5 Å². The van der Waals surface area contributed by atoms with Gasteiger partial charge in [-0.05, 0) is 23.8 Å². The van der Waals surface area contributed by atoms with Crippen LogP contribution in [0.2, 0.25) is 0 Å². The fraction of sp³-hybridized carbons (Fsp3) is 0.0435. The summed E-state index contributed by atoms with van der Waals surface area (Å²) in [4.78, 5) is 26.0. The number of methoxy groups -OCH3 is 1. The zero-order valence-electron chi connectivity index (χ0n) is 14.6. The van der Waals surface area contributed by atoms with Gasteiger partial charge in [-0.2, -0.15) is 0 Å². The van der Waals surface area contributed by atoms with Crippen LogP contribution in [0.5, 0.6) is 5.75 Å². The molecule has 132 valence electrons. The standard InChI is InChI=1S/C23H16O4/c1-26-17-11-7-10-16(14-17)22(24)21-20(15-8-3-2-4-9-15)18-12-5-6-13-19(18)27-23(21)25/h2-14H,1H3. The highest BCUT2D eigenvalue weighted by molar-refractivity contribution is 6.16. The monoisotopic (exact) mass is 356 g/mol. The van der Waals surface area contributed by atoms with Crippen molar-refractivity contribution in [2.24, 2.45) is 0 Å². The first-order valence-electron chi connectivity index (χ1n) is 8.49. The molecule has 4 heteroatoms. The molecular weight excluding hydrogens is 340 g/mol. The molecule has 0 N–H and O–H groups in total. The quantitative estimate of drug-likeness (QED) is 0.393. The van der Waals surface area contributed by atoms with Crippen molar-refractivity contribution in [3.8, 4) is 16.9 Å². The van der Waals surface area contributed by atoms with Crippen LogP contribution < -0.4 is 10.4 Å². The van der Waals surface area contributed by atoms with Crippen molar-refractivity contribution in [1.29, 1.82) is 0 Å². The summed E-state index contributed by atoms with van der Waals surface area (Å²) in [5.41, 5.74) is 1.55. The molecule has 0 atom stereocenters. The summed E-state index contributed by atoms with van der Waals surface area (Å²) in [7, 11) is 1.53. The van der Waals surface area contributed by atoms with E-state index in [4.69, 9.17) is 9.15 Å². The van der Waals surface area contributed by atoms with Crippen LogP contribution in [0.4, 0.5) is 0 Å². The Morgan fingerprint density at radius 1 is 0.889 bits per heavy atom. The van der Waals surface area contributed by atoms with Gasteiger partial charge in [-0.1, -0.05) is 60.7 Å². The largest absolute Gasteiger partial charge is 0.497 e. The summed E-state index contributed by atoms with van der Waals surface area (Å²) in [5, 5.41) is 0.717. The van der Waals surface area contributed by atoms with Crippen LogP contribution in [0.1, 0.15) is 15.9 Å². The van der Waals surface area contributed by atoms with Crippen molar-refractivity contribution in [3.63, 3.8) is 0 Å². The maximum atomic E-state index is 13.3. The summed E-state index contributed by atoms with van der Waals surface area (Å²) < 4.78 is 10.6. The molecule has 0 unspecified atom stereocenters. The zero-order chi connectivity index (χ0) is 18.8. The number of hydrogen-bond acceptors (Lipinski definition) is 4. The van der Waals surface area contributed by atoms with Gasteiger partial charge in [0.1, 0.15) is 16.9 Å². The molecule has 0 radical (unpaired) electrons. The molecule has 0 aliphatic carbocycles. The molecule has 0 saturated heterocycles. The summed E-state index contributed by atoms with van der Waals surface area (Å²) in [6.07, 6.45) is 0. The molecular formula is C23H16O4. The molecule has 1 heterocycles. The van der Waals surface area contributed by atoms with Gasteiger partial charge in [-0.25, -0.2) is 4.79 Å². The number of fused-ring (bicyclic) bond motifs is 1. The molecule has 3 aromatic carbocycles. The van der Waals surface area contributed by atoms with Gasteiger partial charge in [0, 0.05) is 16.5 Å². The van der Waals surface area contributed by atoms with E-state index in [0.717, 1.165) is 10.9 Å². The Labute approximate surface area is 155 Å². The minimum absolute atomic E-state index is 0.0214. The minimum Gasteiger partial charge on any atom is -0.497 e. The van der Waals surface area contributed by atoms with Crippen molar-refractivity contribution in [2.75, 3.05) is 7.11 Å². The van der Waals surface area contributed by atoms with Gasteiger partial charge >= 0.3 is 5.63 Å². The van der Waals surface area contributed by atoms with Crippen molar-refractivity contribution in [1.82, 2.24) is 0 Å². The summed E-state index contributed by atoms with van der Waals surface area (Å²) in [6, 6.07) is 23.4. The van der Waals surface area contributed by atoms with Crippen molar-refractivity contribution in [2.45, 2.75) is 0 Å². The van der Waals surface area contributed by atoms with Crippen LogP contribution in [0, 0.1) is 0 Å². The first-order chi connectivity index (χ1) is 13.2. The predicted octanol–water partition coefficient (Wildman–Crippen LogP) is 4.70. The van der Waals surface area contributed by atoms with Crippen molar-refractivity contribution >= 4 is 16.8 Å². The maximum absolute atomic E-state index is 13.3. The lowest BCUT2D eigenvalue weighted by Gasteiger charge is -2.12. The molecule has 0 saturated carbocycles. The number of rotatable bonds is 4. The lowest BCUT2D eigenvalue weighted by atomic mass is 9.92. The fourth-order valence-electron chi connectivity index (χ4n) is 3.17. The third-order valence-electron chi connectivity index (χ3n) is 4.43. The molecule has 0 aliphatic heterocycles. The van der Waals surface area contributed by atoms with E-state index in [1.165, 1.54) is 7.11 Å². The van der Waals surface area contributed by atoms with Crippen LogP contribution in [-0.2, 0) is 0 Å². The van der Waals surface area contributed by atoms with Crippen LogP contribution in [-0.4, -0.2) is 12.9 Å². The first kappa shape index (κ1) is 16.8. The molecule has 0 spiro atoms. The van der Waals surface area contributed by atoms with Crippen LogP contribution in [0.25, 0.3) is 22.1 Å². The van der Waals surface area contributed by atoms with E-state index in [2.05, 4.69) is 0 Å².